The summed E-state index contributed by atoms with van der Waals surface area (Å²) in [4.78, 5) is 11.6. The number of rotatable bonds is 79. The maximum absolute atomic E-state index is 11.6. The molecule has 0 bridgehead atoms. The Morgan fingerprint density at radius 3 is 0.495 bits per heavy atom. The predicted octanol–water partition coefficient (Wildman–Crippen LogP) is 6.13. The van der Waals surface area contributed by atoms with E-state index in [9.17, 15) is 4.79 Å². The van der Waals surface area contributed by atoms with Crippen LogP contribution in [0.15, 0.2) is 91.0 Å². The van der Waals surface area contributed by atoms with E-state index in [1.807, 2.05) is 75.4 Å². The predicted molar refractivity (Wildman–Crippen MR) is 375 cm³/mol. The molecule has 0 saturated heterocycles. The lowest BCUT2D eigenvalue weighted by molar-refractivity contribution is -0.156. The smallest absolute Gasteiger partial charge is 0.308 e. The van der Waals surface area contributed by atoms with Crippen molar-refractivity contribution >= 4 is 5.97 Å². The van der Waals surface area contributed by atoms with E-state index in [0.717, 1.165) is 16.7 Å². The number of carbonyl (C=O) groups is 1. The van der Waals surface area contributed by atoms with Gasteiger partial charge >= 0.3 is 5.97 Å². The van der Waals surface area contributed by atoms with Gasteiger partial charge in [0.05, 0.1) is 330 Å². The quantitative estimate of drug-likeness (QED) is 0.0350. The molecule has 0 unspecified atom stereocenters. The zero-order valence-corrected chi connectivity index (χ0v) is 61.0. The Balaban J connectivity index is 0.872. The summed E-state index contributed by atoms with van der Waals surface area (Å²) in [7, 11) is 0. The van der Waals surface area contributed by atoms with Crippen LogP contribution in [0.1, 0.15) is 43.9 Å². The fourth-order valence-corrected chi connectivity index (χ4v) is 8.73. The van der Waals surface area contributed by atoms with E-state index in [4.69, 9.17) is 123 Å². The highest BCUT2D eigenvalue weighted by Gasteiger charge is 2.37. The molecule has 0 amide bonds. The Morgan fingerprint density at radius 2 is 0.347 bits per heavy atom. The molecule has 3 rings (SSSR count). The van der Waals surface area contributed by atoms with Crippen molar-refractivity contribution in [2.75, 3.05) is 324 Å². The van der Waals surface area contributed by atoms with Crippen LogP contribution >= 0.6 is 0 Å². The molecule has 0 saturated carbocycles. The van der Waals surface area contributed by atoms with Crippen molar-refractivity contribution in [1.82, 2.24) is 0 Å². The van der Waals surface area contributed by atoms with Crippen LogP contribution in [0.2, 0.25) is 0 Å². The van der Waals surface area contributed by atoms with E-state index in [-0.39, 0.29) is 12.4 Å². The summed E-state index contributed by atoms with van der Waals surface area (Å²) in [6.07, 6.45) is 0.223. The van der Waals surface area contributed by atoms with Gasteiger partial charge in [-0.1, -0.05) is 91.0 Å². The normalized spacial score (nSPS) is 12.0. The van der Waals surface area contributed by atoms with Gasteiger partial charge in [-0.05, 0) is 37.5 Å². The van der Waals surface area contributed by atoms with Gasteiger partial charge in [-0.3, -0.25) is 4.79 Å². The summed E-state index contributed by atoms with van der Waals surface area (Å²) >= 11 is 0. The Labute approximate surface area is 601 Å². The second kappa shape index (κ2) is 70.4. The molecular formula is C74H124O27. The molecule has 0 heterocycles. The molecule has 0 spiro atoms. The minimum absolute atomic E-state index is 0.223. The average molecular weight is 1450 g/mol. The molecule has 0 aliphatic rings. The van der Waals surface area contributed by atoms with Crippen molar-refractivity contribution in [3.05, 3.63) is 108 Å². The van der Waals surface area contributed by atoms with Crippen molar-refractivity contribution in [2.45, 2.75) is 38.4 Å². The van der Waals surface area contributed by atoms with Gasteiger partial charge in [0.1, 0.15) is 11.2 Å². The summed E-state index contributed by atoms with van der Waals surface area (Å²) in [6.45, 7) is 28.5. The van der Waals surface area contributed by atoms with Gasteiger partial charge < -0.3 is 123 Å². The first-order valence-corrected chi connectivity index (χ1v) is 35.8. The summed E-state index contributed by atoms with van der Waals surface area (Å²) in [5.74, 6) is -0.271. The third-order valence-electron chi connectivity index (χ3n) is 13.5. The lowest BCUT2D eigenvalue weighted by Gasteiger charge is -2.36. The topological polar surface area (TPSA) is 257 Å². The molecule has 101 heavy (non-hydrogen) atoms. The van der Waals surface area contributed by atoms with Gasteiger partial charge in [-0.25, -0.2) is 0 Å². The van der Waals surface area contributed by atoms with Crippen LogP contribution in [0.3, 0.4) is 0 Å². The number of hydrogen-bond acceptors (Lipinski definition) is 27. The number of ether oxygens (including phenoxy) is 26. The SMILES string of the molecule is CC(C)(C)OC(=O)CCOCCOCCOCCOCCOCCOCCOCCOCCOCCOCCOCCOCCOCCOCCOCCOCCOCCOCCOCCOCCOCCOCCOCCOCCOC(c1ccccc1)(c1ccccc1)c1ccccc1. The third kappa shape index (κ3) is 57.1. The molecule has 3 aromatic carbocycles. The molecule has 0 aromatic heterocycles. The highest BCUT2D eigenvalue weighted by Crippen LogP contribution is 2.40. The number of hydrogen-bond donors (Lipinski definition) is 0. The Bertz CT molecular complexity index is 2060. The van der Waals surface area contributed by atoms with Crippen molar-refractivity contribution in [2.24, 2.45) is 0 Å². The van der Waals surface area contributed by atoms with E-state index < -0.39 is 11.2 Å². The number of esters is 1. The van der Waals surface area contributed by atoms with Crippen LogP contribution in [-0.2, 0) is 134 Å². The summed E-state index contributed by atoms with van der Waals surface area (Å²) in [5, 5.41) is 0. The molecule has 0 radical (unpaired) electrons. The fraction of sp³-hybridized carbons (Fsp3) is 0.743. The molecule has 0 N–H and O–H groups in total. The maximum Gasteiger partial charge on any atom is 0.308 e. The Kier molecular flexibility index (Phi) is 63.7. The van der Waals surface area contributed by atoms with E-state index >= 15 is 0 Å². The molecule has 0 atom stereocenters. The Hall–Kier alpha value is -3.87. The molecule has 582 valence electrons. The van der Waals surface area contributed by atoms with Crippen molar-refractivity contribution in [1.29, 1.82) is 0 Å². The van der Waals surface area contributed by atoms with Crippen LogP contribution in [0, 0.1) is 0 Å². The first-order valence-electron chi connectivity index (χ1n) is 35.8. The Morgan fingerprint density at radius 1 is 0.208 bits per heavy atom. The highest BCUT2D eigenvalue weighted by molar-refractivity contribution is 5.69. The maximum atomic E-state index is 11.6. The van der Waals surface area contributed by atoms with Crippen LogP contribution in [-0.4, -0.2) is 335 Å². The van der Waals surface area contributed by atoms with Gasteiger partial charge in [0.25, 0.3) is 0 Å². The van der Waals surface area contributed by atoms with Gasteiger partial charge in [0.2, 0.25) is 0 Å². The highest BCUT2D eigenvalue weighted by atomic mass is 16.6. The zero-order valence-electron chi connectivity index (χ0n) is 61.0. The van der Waals surface area contributed by atoms with E-state index in [1.165, 1.54) is 0 Å². The van der Waals surface area contributed by atoms with Gasteiger partial charge in [-0.15, -0.1) is 0 Å². The summed E-state index contributed by atoms with van der Waals surface area (Å²) in [5.41, 5.74) is 1.93. The average Bonchev–Trinajstić information content (AvgIpc) is 0.762. The lowest BCUT2D eigenvalue weighted by Crippen LogP contribution is -2.34. The minimum Gasteiger partial charge on any atom is -0.460 e. The largest absolute Gasteiger partial charge is 0.460 e. The molecule has 0 fully saturated rings. The fourth-order valence-electron chi connectivity index (χ4n) is 8.73. The second-order valence-electron chi connectivity index (χ2n) is 22.7. The van der Waals surface area contributed by atoms with E-state index in [2.05, 4.69) is 36.4 Å². The first kappa shape index (κ1) is 91.3. The number of carbonyl (C=O) groups excluding carboxylic acids is 1. The third-order valence-corrected chi connectivity index (χ3v) is 13.5. The first-order chi connectivity index (χ1) is 49.9. The van der Waals surface area contributed by atoms with Gasteiger partial charge in [0, 0.05) is 0 Å². The minimum atomic E-state index is -0.765. The summed E-state index contributed by atoms with van der Waals surface area (Å²) < 4.78 is 145. The van der Waals surface area contributed by atoms with Crippen molar-refractivity contribution < 1.29 is 128 Å². The van der Waals surface area contributed by atoms with E-state index in [1.54, 1.807) is 0 Å². The van der Waals surface area contributed by atoms with Crippen molar-refractivity contribution in [3.63, 3.8) is 0 Å². The molecule has 27 heteroatoms. The molecule has 3 aromatic rings. The summed E-state index contributed by atoms with van der Waals surface area (Å²) in [6, 6.07) is 31.0. The molecule has 27 nitrogen and oxygen atoms in total. The van der Waals surface area contributed by atoms with E-state index in [0.29, 0.717) is 324 Å². The monoisotopic (exact) mass is 1440 g/mol. The standard InChI is InChI=1S/C74H124O27/c1-73(2,3)101-72(75)19-20-76-21-22-77-23-24-78-25-26-79-27-28-80-29-30-81-31-32-82-33-34-83-35-36-84-37-38-85-39-40-86-41-42-87-43-44-88-45-46-89-47-48-90-49-50-91-51-52-92-53-54-93-55-56-94-57-58-95-59-60-96-61-62-97-63-64-98-65-66-99-67-68-100-74(69-13-7-4-8-14-69,70-15-9-5-10-16-70)71-17-11-6-12-18-71/h4-18H,19-68H2,1-3H3. The van der Waals surface area contributed by atoms with Crippen LogP contribution in [0.4, 0.5) is 0 Å². The van der Waals surface area contributed by atoms with Crippen LogP contribution < -0.4 is 0 Å². The molecular weight excluding hydrogens is 1320 g/mol. The van der Waals surface area contributed by atoms with Crippen LogP contribution in [0.5, 0.6) is 0 Å². The van der Waals surface area contributed by atoms with Crippen LogP contribution in [0.25, 0.3) is 0 Å². The molecule has 0 aliphatic carbocycles. The van der Waals surface area contributed by atoms with Gasteiger partial charge in [0.15, 0.2) is 0 Å². The number of benzene rings is 3. The lowest BCUT2D eigenvalue weighted by atomic mass is 9.80. The van der Waals surface area contributed by atoms with Crippen molar-refractivity contribution in [3.8, 4) is 0 Å². The zero-order chi connectivity index (χ0) is 71.7. The second-order valence-corrected chi connectivity index (χ2v) is 22.7. The molecule has 0 aliphatic heterocycles. The van der Waals surface area contributed by atoms with Gasteiger partial charge in [-0.2, -0.15) is 0 Å².